The van der Waals surface area contributed by atoms with Crippen LogP contribution in [0.25, 0.3) is 10.9 Å². The van der Waals surface area contributed by atoms with Crippen molar-refractivity contribution in [1.29, 1.82) is 0 Å². The molecule has 244 valence electrons. The van der Waals surface area contributed by atoms with Gasteiger partial charge in [0, 0.05) is 41.8 Å². The first-order valence-electron chi connectivity index (χ1n) is 15.3. The molecule has 0 atom stereocenters. The number of benzene rings is 2. The first-order chi connectivity index (χ1) is 21.4. The molecule has 3 aromatic rings. The molecule has 0 bridgehead atoms. The van der Waals surface area contributed by atoms with Crippen LogP contribution in [-0.2, 0) is 21.1 Å². The van der Waals surface area contributed by atoms with Crippen LogP contribution < -0.4 is 15.4 Å². The van der Waals surface area contributed by atoms with Crippen LogP contribution in [0, 0.1) is 11.8 Å². The van der Waals surface area contributed by atoms with Crippen LogP contribution in [-0.4, -0.2) is 81.4 Å². The molecule has 45 heavy (non-hydrogen) atoms. The molecule has 1 saturated carbocycles. The van der Waals surface area contributed by atoms with E-state index in [9.17, 15) is 21.6 Å². The van der Waals surface area contributed by atoms with Crippen LogP contribution in [0.1, 0.15) is 45.2 Å². The number of alkyl halides is 3. The molecule has 0 unspecified atom stereocenters. The summed E-state index contributed by atoms with van der Waals surface area (Å²) in [5, 5.41) is 7.42. The summed E-state index contributed by atoms with van der Waals surface area (Å²) in [5.41, 5.74) is 2.21. The van der Waals surface area contributed by atoms with Gasteiger partial charge in [-0.15, -0.1) is 0 Å². The highest BCUT2D eigenvalue weighted by molar-refractivity contribution is 7.91. The number of hydrogen-bond donors (Lipinski definition) is 2. The molecule has 1 aliphatic heterocycles. The van der Waals surface area contributed by atoms with E-state index in [2.05, 4.69) is 34.3 Å². The molecule has 12 heteroatoms. The van der Waals surface area contributed by atoms with Gasteiger partial charge >= 0.3 is 6.18 Å². The Morgan fingerprint density at radius 3 is 2.49 bits per heavy atom. The Balaban J connectivity index is 1.33. The fourth-order valence-electron chi connectivity index (χ4n) is 6.34. The molecule has 5 rings (SSSR count). The summed E-state index contributed by atoms with van der Waals surface area (Å²) >= 11 is 0. The zero-order valence-corrected chi connectivity index (χ0v) is 26.8. The monoisotopic (exact) mass is 646 g/mol. The van der Waals surface area contributed by atoms with Crippen LogP contribution in [0.15, 0.2) is 47.4 Å². The smallest absolute Gasteiger partial charge is 0.406 e. The molecule has 1 saturated heterocycles. The maximum absolute atomic E-state index is 13.7. The highest BCUT2D eigenvalue weighted by Gasteiger charge is 2.37. The van der Waals surface area contributed by atoms with Crippen molar-refractivity contribution in [2.24, 2.45) is 0 Å². The molecule has 0 spiro atoms. The maximum atomic E-state index is 13.7. The van der Waals surface area contributed by atoms with Gasteiger partial charge in [0.25, 0.3) is 0 Å². The van der Waals surface area contributed by atoms with Crippen molar-refractivity contribution in [3.05, 3.63) is 48.2 Å². The van der Waals surface area contributed by atoms with E-state index in [1.54, 1.807) is 31.2 Å². The van der Waals surface area contributed by atoms with Crippen LogP contribution in [0.3, 0.4) is 0 Å². The topological polar surface area (TPSA) is 84.8 Å². The molecular weight excluding hydrogens is 605 g/mol. The van der Waals surface area contributed by atoms with Gasteiger partial charge in [0.05, 0.1) is 54.4 Å². The minimum atomic E-state index is -4.43. The predicted octanol–water partition coefficient (Wildman–Crippen LogP) is 5.91. The van der Waals surface area contributed by atoms with Gasteiger partial charge in [-0.1, -0.05) is 18.9 Å². The van der Waals surface area contributed by atoms with E-state index in [0.29, 0.717) is 22.3 Å². The average molecular weight is 647 g/mol. The van der Waals surface area contributed by atoms with Crippen molar-refractivity contribution in [2.75, 3.05) is 56.3 Å². The third kappa shape index (κ3) is 7.71. The highest BCUT2D eigenvalue weighted by atomic mass is 32.2. The van der Waals surface area contributed by atoms with Crippen molar-refractivity contribution >= 4 is 32.1 Å². The van der Waals surface area contributed by atoms with E-state index in [4.69, 9.17) is 9.47 Å². The summed E-state index contributed by atoms with van der Waals surface area (Å²) in [7, 11) is -1.97. The summed E-state index contributed by atoms with van der Waals surface area (Å²) in [6, 6.07) is 11.9. The van der Waals surface area contributed by atoms with E-state index >= 15 is 0 Å². The van der Waals surface area contributed by atoms with Crippen LogP contribution in [0.2, 0.25) is 0 Å². The first-order valence-corrected chi connectivity index (χ1v) is 17.0. The Morgan fingerprint density at radius 1 is 1.09 bits per heavy atom. The minimum absolute atomic E-state index is 0.0351. The van der Waals surface area contributed by atoms with Crippen LogP contribution in [0.4, 0.5) is 24.5 Å². The summed E-state index contributed by atoms with van der Waals surface area (Å²) < 4.78 is 77.7. The lowest BCUT2D eigenvalue weighted by Crippen LogP contribution is -2.54. The number of morpholine rings is 1. The molecule has 8 nitrogen and oxygen atoms in total. The molecular formula is C33H41F3N4O4S. The van der Waals surface area contributed by atoms with Gasteiger partial charge in [-0.25, -0.2) is 8.42 Å². The second-order valence-electron chi connectivity index (χ2n) is 11.9. The number of nitrogens with one attached hydrogen (secondary N) is 2. The van der Waals surface area contributed by atoms with Gasteiger partial charge in [-0.05, 0) is 68.9 Å². The zero-order valence-electron chi connectivity index (χ0n) is 26.0. The number of ether oxygens (including phenoxy) is 2. The van der Waals surface area contributed by atoms with Crippen molar-refractivity contribution in [2.45, 2.75) is 68.7 Å². The number of sulfone groups is 1. The highest BCUT2D eigenvalue weighted by Crippen LogP contribution is 2.37. The standard InChI is InChI=1S/C33H41F3N4O4S/c1-4-45(41,42)26-10-11-29(31(22-26)43-3)37-16-6-7-25-21-27-28(8-5-9-30(27)40(25)23-33(34,35)36)38-24-12-14-32(2,15-13-24)39-17-19-44-20-18-39/h5,8-11,21-22,24,37-38H,4,12-20,23H2,1-3H3. The second kappa shape index (κ2) is 13.5. The Morgan fingerprint density at radius 2 is 1.82 bits per heavy atom. The predicted molar refractivity (Wildman–Crippen MR) is 171 cm³/mol. The van der Waals surface area contributed by atoms with Crippen LogP contribution >= 0.6 is 0 Å². The molecule has 2 aromatic carbocycles. The van der Waals surface area contributed by atoms with Crippen LogP contribution in [0.5, 0.6) is 5.75 Å². The number of rotatable bonds is 9. The van der Waals surface area contributed by atoms with E-state index in [1.165, 1.54) is 23.8 Å². The summed E-state index contributed by atoms with van der Waals surface area (Å²) in [6.45, 7) is 6.28. The third-order valence-electron chi connectivity index (χ3n) is 8.98. The summed E-state index contributed by atoms with van der Waals surface area (Å²) in [6.07, 6.45) is -0.393. The van der Waals surface area contributed by atoms with E-state index in [0.717, 1.165) is 57.7 Å². The Labute approximate surface area is 263 Å². The fraction of sp³-hybridized carbons (Fsp3) is 0.515. The number of aromatic nitrogens is 1. The average Bonchev–Trinajstić information content (AvgIpc) is 3.37. The summed E-state index contributed by atoms with van der Waals surface area (Å²) in [5.74, 6) is 6.15. The van der Waals surface area contributed by atoms with Crippen molar-refractivity contribution in [1.82, 2.24) is 9.47 Å². The van der Waals surface area contributed by atoms with Gasteiger partial charge in [0.1, 0.15) is 12.3 Å². The third-order valence-corrected chi connectivity index (χ3v) is 10.7. The number of methoxy groups -OCH3 is 1. The molecule has 2 heterocycles. The normalized spacial score (nSPS) is 21.2. The molecule has 2 N–H and O–H groups in total. The zero-order chi connectivity index (χ0) is 32.2. The SMILES string of the molecule is CCS(=O)(=O)c1ccc(NCC#Cc2cc3c(NC4CCC(C)(N5CCOCC5)CC4)cccc3n2CC(F)(F)F)c(OC)c1. The molecule has 1 aliphatic carbocycles. The van der Waals surface area contributed by atoms with Gasteiger partial charge in [0.2, 0.25) is 0 Å². The maximum Gasteiger partial charge on any atom is 0.406 e. The van der Waals surface area contributed by atoms with E-state index in [-0.39, 0.29) is 34.5 Å². The Bertz CT molecular complexity index is 1660. The number of nitrogens with zero attached hydrogens (tertiary/aromatic N) is 2. The Kier molecular flexibility index (Phi) is 9.91. The molecule has 0 amide bonds. The van der Waals surface area contributed by atoms with Crippen molar-refractivity contribution in [3.8, 4) is 17.6 Å². The summed E-state index contributed by atoms with van der Waals surface area (Å²) in [4.78, 5) is 2.69. The van der Waals surface area contributed by atoms with Crippen molar-refractivity contribution < 1.29 is 31.1 Å². The van der Waals surface area contributed by atoms with Gasteiger partial charge in [0.15, 0.2) is 9.84 Å². The van der Waals surface area contributed by atoms with E-state index < -0.39 is 22.6 Å². The van der Waals surface area contributed by atoms with Gasteiger partial charge in [-0.3, -0.25) is 4.90 Å². The first kappa shape index (κ1) is 33.0. The Hall–Kier alpha value is -3.40. The number of hydrogen-bond acceptors (Lipinski definition) is 7. The van der Waals surface area contributed by atoms with Crippen molar-refractivity contribution in [3.63, 3.8) is 0 Å². The molecule has 0 radical (unpaired) electrons. The molecule has 2 fully saturated rings. The van der Waals surface area contributed by atoms with Gasteiger partial charge < -0.3 is 24.7 Å². The number of halogens is 3. The quantitative estimate of drug-likeness (QED) is 0.280. The lowest BCUT2D eigenvalue weighted by Gasteiger charge is -2.47. The fourth-order valence-corrected chi connectivity index (χ4v) is 7.23. The largest absolute Gasteiger partial charge is 0.495 e. The van der Waals surface area contributed by atoms with E-state index in [1.807, 2.05) is 6.07 Å². The lowest BCUT2D eigenvalue weighted by atomic mass is 9.79. The number of fused-ring (bicyclic) bond motifs is 1. The molecule has 2 aliphatic rings. The minimum Gasteiger partial charge on any atom is -0.495 e. The van der Waals surface area contributed by atoms with Gasteiger partial charge in [-0.2, -0.15) is 13.2 Å². The number of anilines is 2. The lowest BCUT2D eigenvalue weighted by molar-refractivity contribution is -0.140. The second-order valence-corrected chi connectivity index (χ2v) is 14.2. The molecule has 1 aromatic heterocycles.